The summed E-state index contributed by atoms with van der Waals surface area (Å²) in [5, 5.41) is 12.0. The molecule has 6 nitrogen and oxygen atoms in total. The molecule has 0 radical (unpaired) electrons. The van der Waals surface area contributed by atoms with Crippen LogP contribution in [0.2, 0.25) is 0 Å². The molecular formula is C16H22N2O4. The third kappa shape index (κ3) is 3.64. The van der Waals surface area contributed by atoms with Crippen molar-refractivity contribution in [1.29, 1.82) is 0 Å². The zero-order chi connectivity index (χ0) is 16.1. The van der Waals surface area contributed by atoms with E-state index in [1.165, 1.54) is 0 Å². The summed E-state index contributed by atoms with van der Waals surface area (Å²) in [5.41, 5.74) is 0.856. The van der Waals surface area contributed by atoms with Gasteiger partial charge < -0.3 is 20.1 Å². The Morgan fingerprint density at radius 2 is 2.14 bits per heavy atom. The van der Waals surface area contributed by atoms with Crippen LogP contribution < -0.4 is 5.32 Å². The molecule has 1 saturated heterocycles. The minimum Gasteiger partial charge on any atom is -0.392 e. The molecule has 1 aliphatic heterocycles. The third-order valence-corrected chi connectivity index (χ3v) is 3.64. The Balaban J connectivity index is 2.26. The quantitative estimate of drug-likeness (QED) is 0.829. The van der Waals surface area contributed by atoms with Gasteiger partial charge in [0.05, 0.1) is 12.1 Å². The van der Waals surface area contributed by atoms with Crippen molar-refractivity contribution in [3.63, 3.8) is 0 Å². The highest BCUT2D eigenvalue weighted by Gasteiger charge is 2.40. The lowest BCUT2D eigenvalue weighted by molar-refractivity contribution is -0.164. The first-order valence-corrected chi connectivity index (χ1v) is 7.46. The van der Waals surface area contributed by atoms with Crippen molar-refractivity contribution in [2.75, 3.05) is 19.7 Å². The number of carbonyl (C=O) groups is 2. The first kappa shape index (κ1) is 16.5. The number of ether oxygens (including phenoxy) is 1. The van der Waals surface area contributed by atoms with Crippen LogP contribution in [0.1, 0.15) is 25.5 Å². The van der Waals surface area contributed by atoms with Crippen molar-refractivity contribution in [2.24, 2.45) is 0 Å². The minimum absolute atomic E-state index is 0.107. The van der Waals surface area contributed by atoms with E-state index in [-0.39, 0.29) is 25.0 Å². The lowest BCUT2D eigenvalue weighted by Gasteiger charge is -2.40. The Hall–Kier alpha value is -1.92. The van der Waals surface area contributed by atoms with Crippen molar-refractivity contribution >= 4 is 11.8 Å². The average Bonchev–Trinajstić information content (AvgIpc) is 2.53. The molecule has 120 valence electrons. The number of hydrogen-bond acceptors (Lipinski definition) is 4. The third-order valence-electron chi connectivity index (χ3n) is 3.64. The monoisotopic (exact) mass is 306 g/mol. The van der Waals surface area contributed by atoms with Crippen molar-refractivity contribution in [2.45, 2.75) is 32.1 Å². The van der Waals surface area contributed by atoms with Crippen LogP contribution in [0, 0.1) is 0 Å². The molecule has 0 spiro atoms. The molecule has 0 bridgehead atoms. The number of aliphatic hydroxyl groups is 1. The van der Waals surface area contributed by atoms with Crippen LogP contribution in [-0.2, 0) is 14.3 Å². The van der Waals surface area contributed by atoms with Gasteiger partial charge in [0.25, 0.3) is 5.91 Å². The topological polar surface area (TPSA) is 78.9 Å². The van der Waals surface area contributed by atoms with E-state index in [0.717, 1.165) is 5.56 Å². The average molecular weight is 306 g/mol. The zero-order valence-electron chi connectivity index (χ0n) is 12.9. The lowest BCUT2D eigenvalue weighted by atomic mass is 9.97. The predicted octanol–water partition coefficient (Wildman–Crippen LogP) is 0.472. The second-order valence-corrected chi connectivity index (χ2v) is 5.36. The molecule has 1 heterocycles. The number of aliphatic hydroxyl groups excluding tert-OH is 1. The maximum atomic E-state index is 12.4. The van der Waals surface area contributed by atoms with Gasteiger partial charge in [0.1, 0.15) is 6.61 Å². The van der Waals surface area contributed by atoms with Gasteiger partial charge in [-0.25, -0.2) is 0 Å². The van der Waals surface area contributed by atoms with Gasteiger partial charge in [-0.2, -0.15) is 0 Å². The predicted molar refractivity (Wildman–Crippen MR) is 81.0 cm³/mol. The number of benzene rings is 1. The molecule has 1 aliphatic rings. The highest BCUT2D eigenvalue weighted by Crippen LogP contribution is 2.30. The molecule has 1 aromatic carbocycles. The Bertz CT molecular complexity index is 518. The van der Waals surface area contributed by atoms with Crippen LogP contribution >= 0.6 is 0 Å². The number of nitrogens with zero attached hydrogens (tertiary/aromatic N) is 1. The fourth-order valence-corrected chi connectivity index (χ4v) is 2.60. The standard InChI is InChI=1S/C16H22N2O4/c1-3-18-13(20)10-22-15(16(21)17-9-11(2)19)14(18)12-7-5-4-6-8-12/h4-8,11,14-15,19H,3,9-10H2,1-2H3,(H,17,21)/t11-,14+,15-/m0/s1. The molecule has 1 aromatic rings. The number of morpholine rings is 1. The van der Waals surface area contributed by atoms with Crippen LogP contribution in [0.15, 0.2) is 30.3 Å². The SMILES string of the molecule is CCN1C(=O)CO[C@H](C(=O)NC[C@H](C)O)[C@H]1c1ccccc1. The fourth-order valence-electron chi connectivity index (χ4n) is 2.60. The Kier molecular flexibility index (Phi) is 5.51. The summed E-state index contributed by atoms with van der Waals surface area (Å²) in [4.78, 5) is 26.1. The second kappa shape index (κ2) is 7.38. The van der Waals surface area contributed by atoms with Crippen LogP contribution in [0.4, 0.5) is 0 Å². The molecule has 2 N–H and O–H groups in total. The highest BCUT2D eigenvalue weighted by molar-refractivity contribution is 5.86. The largest absolute Gasteiger partial charge is 0.392 e. The summed E-state index contributed by atoms with van der Waals surface area (Å²) >= 11 is 0. The molecule has 2 amide bonds. The van der Waals surface area contributed by atoms with Crippen LogP contribution in [-0.4, -0.2) is 53.7 Å². The maximum Gasteiger partial charge on any atom is 0.251 e. The van der Waals surface area contributed by atoms with E-state index in [9.17, 15) is 14.7 Å². The van der Waals surface area contributed by atoms with Gasteiger partial charge in [0, 0.05) is 13.1 Å². The van der Waals surface area contributed by atoms with Crippen molar-refractivity contribution in [3.8, 4) is 0 Å². The van der Waals surface area contributed by atoms with E-state index in [1.807, 2.05) is 37.3 Å². The number of rotatable bonds is 5. The summed E-state index contributed by atoms with van der Waals surface area (Å²) in [7, 11) is 0. The van der Waals surface area contributed by atoms with Crippen LogP contribution in [0.25, 0.3) is 0 Å². The zero-order valence-corrected chi connectivity index (χ0v) is 12.9. The van der Waals surface area contributed by atoms with Gasteiger partial charge in [-0.05, 0) is 19.4 Å². The first-order valence-electron chi connectivity index (χ1n) is 7.46. The van der Waals surface area contributed by atoms with Crippen molar-refractivity contribution < 1.29 is 19.4 Å². The van der Waals surface area contributed by atoms with E-state index >= 15 is 0 Å². The summed E-state index contributed by atoms with van der Waals surface area (Å²) in [6, 6.07) is 8.92. The molecule has 0 aromatic heterocycles. The Morgan fingerprint density at radius 3 is 2.73 bits per heavy atom. The van der Waals surface area contributed by atoms with Gasteiger partial charge in [-0.3, -0.25) is 9.59 Å². The molecule has 1 fully saturated rings. The first-order chi connectivity index (χ1) is 10.5. The van der Waals surface area contributed by atoms with Crippen LogP contribution in [0.3, 0.4) is 0 Å². The number of amides is 2. The summed E-state index contributed by atoms with van der Waals surface area (Å²) in [6.07, 6.45) is -1.41. The number of carbonyl (C=O) groups excluding carboxylic acids is 2. The van der Waals surface area contributed by atoms with Gasteiger partial charge in [0.2, 0.25) is 5.91 Å². The molecule has 0 aliphatic carbocycles. The fraction of sp³-hybridized carbons (Fsp3) is 0.500. The van der Waals surface area contributed by atoms with Gasteiger partial charge >= 0.3 is 0 Å². The number of nitrogens with one attached hydrogen (secondary N) is 1. The Morgan fingerprint density at radius 1 is 1.45 bits per heavy atom. The summed E-state index contributed by atoms with van der Waals surface area (Å²) in [5.74, 6) is -0.448. The molecule has 0 saturated carbocycles. The van der Waals surface area contributed by atoms with Crippen molar-refractivity contribution in [1.82, 2.24) is 10.2 Å². The van der Waals surface area contributed by atoms with E-state index in [4.69, 9.17) is 4.74 Å². The Labute approximate surface area is 130 Å². The lowest BCUT2D eigenvalue weighted by Crippen LogP contribution is -2.54. The molecule has 6 heteroatoms. The van der Waals surface area contributed by atoms with E-state index in [0.29, 0.717) is 6.54 Å². The molecule has 2 rings (SSSR count). The van der Waals surface area contributed by atoms with Gasteiger partial charge in [-0.1, -0.05) is 30.3 Å². The van der Waals surface area contributed by atoms with E-state index in [2.05, 4.69) is 5.32 Å². The molecule has 0 unspecified atom stereocenters. The molecular weight excluding hydrogens is 284 g/mol. The molecule has 3 atom stereocenters. The maximum absolute atomic E-state index is 12.4. The summed E-state index contributed by atoms with van der Waals surface area (Å²) in [6.45, 7) is 4.02. The second-order valence-electron chi connectivity index (χ2n) is 5.36. The smallest absolute Gasteiger partial charge is 0.251 e. The van der Waals surface area contributed by atoms with Crippen LogP contribution in [0.5, 0.6) is 0 Å². The molecule has 22 heavy (non-hydrogen) atoms. The van der Waals surface area contributed by atoms with Gasteiger partial charge in [0.15, 0.2) is 6.10 Å². The highest BCUT2D eigenvalue weighted by atomic mass is 16.5. The number of hydrogen-bond donors (Lipinski definition) is 2. The normalized spacial score (nSPS) is 23.2. The number of likely N-dealkylation sites (N-methyl/N-ethyl adjacent to an activating group) is 1. The van der Waals surface area contributed by atoms with E-state index in [1.54, 1.807) is 11.8 Å². The van der Waals surface area contributed by atoms with Gasteiger partial charge in [-0.15, -0.1) is 0 Å². The minimum atomic E-state index is -0.779. The summed E-state index contributed by atoms with van der Waals surface area (Å²) < 4.78 is 5.50. The van der Waals surface area contributed by atoms with Crippen molar-refractivity contribution in [3.05, 3.63) is 35.9 Å². The van der Waals surface area contributed by atoms with E-state index < -0.39 is 18.2 Å².